The Bertz CT molecular complexity index is 224. The summed E-state index contributed by atoms with van der Waals surface area (Å²) in [5.74, 6) is -0.417. The van der Waals surface area contributed by atoms with E-state index in [1.54, 1.807) is 24.3 Å². The molecule has 1 rings (SSSR count). The Morgan fingerprint density at radius 1 is 1.55 bits per heavy atom. The van der Waals surface area contributed by atoms with Crippen LogP contribution in [0.4, 0.5) is 0 Å². The highest BCUT2D eigenvalue weighted by Gasteiger charge is 2.29. The Morgan fingerprint density at radius 3 is 2.55 bits per heavy atom. The molecule has 1 aliphatic carbocycles. The van der Waals surface area contributed by atoms with E-state index in [0.29, 0.717) is 0 Å². The monoisotopic (exact) mass is 171 g/mol. The van der Waals surface area contributed by atoms with Crippen LogP contribution in [0.2, 0.25) is 0 Å². The van der Waals surface area contributed by atoms with E-state index in [1.165, 1.54) is 0 Å². The molecule has 0 amide bonds. The molecule has 0 bridgehead atoms. The van der Waals surface area contributed by atoms with E-state index in [1.807, 2.05) is 6.07 Å². The van der Waals surface area contributed by atoms with E-state index in [9.17, 15) is 0 Å². The predicted molar refractivity (Wildman–Crippen MR) is 45.2 cm³/mol. The number of hydrogen-bond donors (Lipinski definition) is 2. The molecule has 11 heavy (non-hydrogen) atoms. The first-order chi connectivity index (χ1) is 4.67. The van der Waals surface area contributed by atoms with Crippen molar-refractivity contribution >= 4 is 11.6 Å². The molecule has 0 radical (unpaired) electrons. The van der Waals surface area contributed by atoms with Crippen molar-refractivity contribution in [3.8, 4) is 6.07 Å². The second-order valence-corrected chi connectivity index (χ2v) is 2.83. The SMILES string of the molecule is N.N#CC1C=CC=CC1(N)Cl. The van der Waals surface area contributed by atoms with Crippen LogP contribution in [-0.2, 0) is 0 Å². The Hall–Kier alpha value is -0.820. The van der Waals surface area contributed by atoms with Crippen molar-refractivity contribution in [1.29, 1.82) is 5.26 Å². The summed E-state index contributed by atoms with van der Waals surface area (Å²) >= 11 is 5.76. The van der Waals surface area contributed by atoms with E-state index < -0.39 is 10.9 Å². The first-order valence-electron chi connectivity index (χ1n) is 2.90. The molecule has 1 aliphatic rings. The highest BCUT2D eigenvalue weighted by Crippen LogP contribution is 2.24. The van der Waals surface area contributed by atoms with E-state index in [2.05, 4.69) is 0 Å². The highest BCUT2D eigenvalue weighted by molar-refractivity contribution is 6.25. The minimum Gasteiger partial charge on any atom is -0.344 e. The third-order valence-corrected chi connectivity index (χ3v) is 1.74. The Labute approximate surface area is 70.7 Å². The number of hydrogen-bond acceptors (Lipinski definition) is 3. The number of alkyl halides is 1. The van der Waals surface area contributed by atoms with Crippen molar-refractivity contribution < 1.29 is 0 Å². The summed E-state index contributed by atoms with van der Waals surface area (Å²) in [4.78, 5) is -1.01. The molecule has 0 aromatic heterocycles. The van der Waals surface area contributed by atoms with Crippen molar-refractivity contribution in [3.05, 3.63) is 24.3 Å². The molecule has 2 unspecified atom stereocenters. The van der Waals surface area contributed by atoms with Gasteiger partial charge in [0, 0.05) is 0 Å². The second-order valence-electron chi connectivity index (χ2n) is 2.18. The Balaban J connectivity index is 0.000001000. The maximum atomic E-state index is 8.53. The van der Waals surface area contributed by atoms with Crippen LogP contribution in [0, 0.1) is 17.2 Å². The average molecular weight is 172 g/mol. The Kier molecular flexibility index (Phi) is 3.27. The number of nitrogens with zero attached hydrogens (tertiary/aromatic N) is 1. The van der Waals surface area contributed by atoms with Crippen molar-refractivity contribution in [3.63, 3.8) is 0 Å². The number of halogens is 1. The van der Waals surface area contributed by atoms with Crippen LogP contribution in [0.5, 0.6) is 0 Å². The smallest absolute Gasteiger partial charge is 0.129 e. The second kappa shape index (κ2) is 3.54. The topological polar surface area (TPSA) is 84.8 Å². The van der Waals surface area contributed by atoms with Gasteiger partial charge in [0.25, 0.3) is 0 Å². The summed E-state index contributed by atoms with van der Waals surface area (Å²) in [5, 5.41) is 8.53. The van der Waals surface area contributed by atoms with Crippen molar-refractivity contribution in [1.82, 2.24) is 6.15 Å². The van der Waals surface area contributed by atoms with Crippen LogP contribution in [0.15, 0.2) is 24.3 Å². The lowest BCUT2D eigenvalue weighted by Crippen LogP contribution is -2.38. The van der Waals surface area contributed by atoms with Gasteiger partial charge in [-0.15, -0.1) is 0 Å². The zero-order valence-electron chi connectivity index (χ0n) is 6.00. The van der Waals surface area contributed by atoms with Crippen LogP contribution in [0.1, 0.15) is 0 Å². The van der Waals surface area contributed by atoms with Crippen molar-refractivity contribution in [2.45, 2.75) is 5.00 Å². The van der Waals surface area contributed by atoms with Gasteiger partial charge in [-0.1, -0.05) is 29.8 Å². The zero-order valence-corrected chi connectivity index (χ0v) is 6.75. The third kappa shape index (κ3) is 2.05. The molecule has 0 saturated carbocycles. The van der Waals surface area contributed by atoms with Crippen LogP contribution in [-0.4, -0.2) is 5.00 Å². The van der Waals surface area contributed by atoms with Crippen LogP contribution in [0.25, 0.3) is 0 Å². The fourth-order valence-corrected chi connectivity index (χ4v) is 0.966. The molecule has 0 saturated heterocycles. The molecule has 0 aliphatic heterocycles. The summed E-state index contributed by atoms with van der Waals surface area (Å²) in [7, 11) is 0. The van der Waals surface area contributed by atoms with Crippen LogP contribution < -0.4 is 11.9 Å². The summed E-state index contributed by atoms with van der Waals surface area (Å²) < 4.78 is 0. The number of rotatable bonds is 0. The first kappa shape index (κ1) is 10.2. The normalized spacial score (nSPS) is 34.1. The van der Waals surface area contributed by atoms with Gasteiger partial charge in [-0.05, 0) is 6.08 Å². The largest absolute Gasteiger partial charge is 0.344 e. The summed E-state index contributed by atoms with van der Waals surface area (Å²) in [6.07, 6.45) is 6.80. The molecular formula is C7H10ClN3. The highest BCUT2D eigenvalue weighted by atomic mass is 35.5. The van der Waals surface area contributed by atoms with Gasteiger partial charge < -0.3 is 11.9 Å². The lowest BCUT2D eigenvalue weighted by atomic mass is 9.97. The third-order valence-electron chi connectivity index (χ3n) is 1.38. The average Bonchev–Trinajstić information content (AvgIpc) is 1.87. The molecule has 0 aromatic carbocycles. The molecule has 3 nitrogen and oxygen atoms in total. The van der Waals surface area contributed by atoms with Gasteiger partial charge in [-0.3, -0.25) is 0 Å². The van der Waals surface area contributed by atoms with Gasteiger partial charge in [0.2, 0.25) is 0 Å². The van der Waals surface area contributed by atoms with E-state index in [-0.39, 0.29) is 6.15 Å². The summed E-state index contributed by atoms with van der Waals surface area (Å²) in [6.45, 7) is 0. The molecule has 5 N–H and O–H groups in total. The fraction of sp³-hybridized carbons (Fsp3) is 0.286. The van der Waals surface area contributed by atoms with Gasteiger partial charge in [-0.2, -0.15) is 5.26 Å². The first-order valence-corrected chi connectivity index (χ1v) is 3.28. The van der Waals surface area contributed by atoms with Gasteiger partial charge in [0.15, 0.2) is 0 Å². The summed E-state index contributed by atoms with van der Waals surface area (Å²) in [5.41, 5.74) is 5.54. The van der Waals surface area contributed by atoms with Gasteiger partial charge in [-0.25, -0.2) is 0 Å². The minimum absolute atomic E-state index is 0. The minimum atomic E-state index is -1.01. The van der Waals surface area contributed by atoms with Crippen molar-refractivity contribution in [2.24, 2.45) is 11.7 Å². The lowest BCUT2D eigenvalue weighted by Gasteiger charge is -2.22. The predicted octanol–water partition coefficient (Wildman–Crippen LogP) is 1.31. The summed E-state index contributed by atoms with van der Waals surface area (Å²) in [6, 6.07) is 2.00. The maximum Gasteiger partial charge on any atom is 0.129 e. The maximum absolute atomic E-state index is 8.53. The van der Waals surface area contributed by atoms with E-state index in [4.69, 9.17) is 22.6 Å². The molecule has 2 atom stereocenters. The Morgan fingerprint density at radius 2 is 2.18 bits per heavy atom. The van der Waals surface area contributed by atoms with Crippen LogP contribution >= 0.6 is 11.6 Å². The molecular weight excluding hydrogens is 162 g/mol. The molecule has 0 aromatic rings. The van der Waals surface area contributed by atoms with Gasteiger partial charge in [0.05, 0.1) is 6.07 Å². The standard InChI is InChI=1S/C7H7ClN2.H3N/c8-7(10)4-2-1-3-6(7)5-9;/h1-4,6H,10H2;1H3. The number of allylic oxidation sites excluding steroid dienone is 2. The van der Waals surface area contributed by atoms with Crippen LogP contribution in [0.3, 0.4) is 0 Å². The van der Waals surface area contributed by atoms with Gasteiger partial charge >= 0.3 is 0 Å². The quantitative estimate of drug-likeness (QED) is 0.426. The fourth-order valence-electron chi connectivity index (χ4n) is 0.771. The molecule has 0 fully saturated rings. The van der Waals surface area contributed by atoms with Gasteiger partial charge in [0.1, 0.15) is 10.9 Å². The molecule has 0 heterocycles. The number of nitrogens with two attached hydrogens (primary N) is 1. The zero-order chi connectivity index (χ0) is 7.61. The molecule has 0 spiro atoms. The van der Waals surface area contributed by atoms with E-state index in [0.717, 1.165) is 0 Å². The van der Waals surface area contributed by atoms with E-state index >= 15 is 0 Å². The molecule has 4 heteroatoms. The van der Waals surface area contributed by atoms with Crippen molar-refractivity contribution in [2.75, 3.05) is 0 Å². The molecule has 60 valence electrons. The number of nitriles is 1. The lowest BCUT2D eigenvalue weighted by molar-refractivity contribution is 0.628.